The third-order valence-corrected chi connectivity index (χ3v) is 14.5. The quantitative estimate of drug-likeness (QED) is 0.0686. The van der Waals surface area contributed by atoms with Gasteiger partial charge in [0.25, 0.3) is 0 Å². The lowest BCUT2D eigenvalue weighted by Crippen LogP contribution is -2.52. The topological polar surface area (TPSA) is 229 Å². The summed E-state index contributed by atoms with van der Waals surface area (Å²) in [5.74, 6) is 3.03. The molecule has 18 nitrogen and oxygen atoms in total. The van der Waals surface area contributed by atoms with Crippen LogP contribution in [0.5, 0.6) is 11.6 Å². The van der Waals surface area contributed by atoms with Gasteiger partial charge in [0.15, 0.2) is 0 Å². The second-order valence-electron chi connectivity index (χ2n) is 20.0. The van der Waals surface area contributed by atoms with E-state index >= 15 is 0 Å². The summed E-state index contributed by atoms with van der Waals surface area (Å²) in [6.07, 6.45) is 17.6. The predicted molar refractivity (Wildman–Crippen MR) is 269 cm³/mol. The molecule has 3 N–H and O–H groups in total. The number of aliphatic imine (C=N–C) groups is 1. The molecule has 6 heterocycles. The van der Waals surface area contributed by atoms with E-state index in [0.717, 1.165) is 56.3 Å². The van der Waals surface area contributed by atoms with Crippen molar-refractivity contribution in [3.05, 3.63) is 61.4 Å². The standard InChI is InChI=1S/C53H70N12O6/c1-36(28-66-3)58-27-38-5-7-40(8-6-38)64-49-25-47(60-35-61-49)46-23-42(12-17-56-46)70-33-53(31-55)15-20-69-48(26-53)43-22-41(63-37(2)29-67-4)9-10-44(43)65-50-24-45(59-34-62-50)39-11-16-57-51(21-39)71-32-52(30-54)13-18-68-19-14-52/h11-12,16-17,21,23-25,27,34-38,40-41,43-44,48,63H,5-10,13-15,18-20,22,26,28-29,32-33H2,1-4H3,(H,59,62,65)(H,60,61,64)/t36-,37-,38?,40?,41-,43?,44-,48?,53?/m1/s1. The van der Waals surface area contributed by atoms with Gasteiger partial charge in [0.05, 0.1) is 65.4 Å². The van der Waals surface area contributed by atoms with Crippen molar-refractivity contribution < 1.29 is 28.4 Å². The van der Waals surface area contributed by atoms with Crippen molar-refractivity contribution in [2.45, 2.75) is 121 Å². The van der Waals surface area contributed by atoms with Crippen LogP contribution in [0, 0.1) is 45.3 Å². The van der Waals surface area contributed by atoms with E-state index in [1.807, 2.05) is 36.4 Å². The maximum Gasteiger partial charge on any atom is 0.213 e. The number of nitrogens with one attached hydrogen (secondary N) is 3. The van der Waals surface area contributed by atoms with Crippen molar-refractivity contribution in [2.75, 3.05) is 71.1 Å². The highest BCUT2D eigenvalue weighted by atomic mass is 16.5. The summed E-state index contributed by atoms with van der Waals surface area (Å²) in [5, 5.41) is 32.0. The van der Waals surface area contributed by atoms with Crippen molar-refractivity contribution in [3.63, 3.8) is 0 Å². The number of methoxy groups -OCH3 is 2. The van der Waals surface area contributed by atoms with Crippen LogP contribution in [0.15, 0.2) is 66.4 Å². The van der Waals surface area contributed by atoms with E-state index in [9.17, 15) is 10.5 Å². The van der Waals surface area contributed by atoms with Crippen LogP contribution in [0.1, 0.15) is 84.5 Å². The first-order valence-corrected chi connectivity index (χ1v) is 25.3. The van der Waals surface area contributed by atoms with E-state index in [1.165, 1.54) is 0 Å². The third-order valence-electron chi connectivity index (χ3n) is 14.5. The van der Waals surface area contributed by atoms with Gasteiger partial charge in [0.2, 0.25) is 5.88 Å². The summed E-state index contributed by atoms with van der Waals surface area (Å²) in [7, 11) is 3.43. The van der Waals surface area contributed by atoms with Crippen LogP contribution in [0.25, 0.3) is 22.6 Å². The Morgan fingerprint density at radius 2 is 1.44 bits per heavy atom. The van der Waals surface area contributed by atoms with E-state index in [2.05, 4.69) is 83.0 Å². The number of ether oxygens (including phenoxy) is 6. The highest BCUT2D eigenvalue weighted by molar-refractivity contribution is 5.63. The maximum atomic E-state index is 10.9. The zero-order valence-electron chi connectivity index (χ0n) is 41.7. The molecule has 2 aliphatic carbocycles. The second-order valence-corrected chi connectivity index (χ2v) is 20.0. The van der Waals surface area contributed by atoms with Crippen LogP contribution < -0.4 is 25.4 Å². The summed E-state index contributed by atoms with van der Waals surface area (Å²) in [6, 6.07) is 17.4. The highest BCUT2D eigenvalue weighted by Crippen LogP contribution is 2.42. The van der Waals surface area contributed by atoms with Crippen LogP contribution >= 0.6 is 0 Å². The van der Waals surface area contributed by atoms with Crippen LogP contribution in [-0.4, -0.2) is 133 Å². The summed E-state index contributed by atoms with van der Waals surface area (Å²) in [4.78, 5) is 32.1. The molecule has 4 aliphatic rings. The smallest absolute Gasteiger partial charge is 0.213 e. The van der Waals surface area contributed by atoms with Crippen molar-refractivity contribution in [1.82, 2.24) is 35.2 Å². The molecule has 0 amide bonds. The molecule has 0 bridgehead atoms. The number of anilines is 2. The third kappa shape index (κ3) is 14.2. The molecule has 0 aromatic carbocycles. The van der Waals surface area contributed by atoms with E-state index in [1.54, 1.807) is 39.3 Å². The Morgan fingerprint density at radius 3 is 2.21 bits per heavy atom. The number of pyridine rings is 2. The van der Waals surface area contributed by atoms with Gasteiger partial charge < -0.3 is 44.4 Å². The number of rotatable bonds is 21. The molecule has 4 fully saturated rings. The minimum atomic E-state index is -0.777. The number of hydrogen-bond acceptors (Lipinski definition) is 18. The molecule has 0 radical (unpaired) electrons. The number of nitriles is 2. The molecule has 0 spiro atoms. The fourth-order valence-electron chi connectivity index (χ4n) is 10.4. The first kappa shape index (κ1) is 51.5. The van der Waals surface area contributed by atoms with Crippen molar-refractivity contribution in [2.24, 2.45) is 27.7 Å². The number of nitrogens with zero attached hydrogens (tertiary/aromatic N) is 9. The van der Waals surface area contributed by atoms with Gasteiger partial charge in [-0.15, -0.1) is 0 Å². The van der Waals surface area contributed by atoms with Crippen molar-refractivity contribution in [3.8, 4) is 46.4 Å². The Morgan fingerprint density at radius 1 is 0.746 bits per heavy atom. The highest BCUT2D eigenvalue weighted by Gasteiger charge is 2.45. The molecule has 3 unspecified atom stereocenters. The lowest BCUT2D eigenvalue weighted by atomic mass is 9.71. The molecule has 4 aromatic rings. The van der Waals surface area contributed by atoms with Crippen LogP contribution in [-0.2, 0) is 18.9 Å². The van der Waals surface area contributed by atoms with Gasteiger partial charge in [-0.25, -0.2) is 24.9 Å². The summed E-state index contributed by atoms with van der Waals surface area (Å²) >= 11 is 0. The molecule has 2 aliphatic heterocycles. The first-order valence-electron chi connectivity index (χ1n) is 25.3. The van der Waals surface area contributed by atoms with Gasteiger partial charge in [-0.2, -0.15) is 10.5 Å². The molecular weight excluding hydrogens is 901 g/mol. The van der Waals surface area contributed by atoms with Crippen LogP contribution in [0.4, 0.5) is 11.6 Å². The van der Waals surface area contributed by atoms with Crippen molar-refractivity contribution in [1.29, 1.82) is 10.5 Å². The molecule has 8 rings (SSSR count). The van der Waals surface area contributed by atoms with Gasteiger partial charge in [-0.05, 0) is 103 Å². The first-order chi connectivity index (χ1) is 34.7. The average molecular weight is 971 g/mol. The molecule has 18 heteroatoms. The molecule has 4 aromatic heterocycles. The van der Waals surface area contributed by atoms with Gasteiger partial charge >= 0.3 is 0 Å². The number of aromatic nitrogens is 6. The van der Waals surface area contributed by atoms with E-state index < -0.39 is 10.8 Å². The SMILES string of the molecule is COC[C@@H](C)N=CC1CCC(Nc2cc(-c3cc(OCC4(C#N)CCOC(C5C[C@H](N[C@H](C)COC)CC[C@H]5Nc5cc(-c6ccnc(OCC7(C#N)CCOCC7)c6)ncn5)C4)ccn3)ncn2)CC1. The largest absolute Gasteiger partial charge is 0.492 e. The molecule has 2 saturated carbocycles. The fourth-order valence-corrected chi connectivity index (χ4v) is 10.4. The molecule has 378 valence electrons. The summed E-state index contributed by atoms with van der Waals surface area (Å²) in [6.45, 7) is 7.44. The Labute approximate surface area is 418 Å². The lowest BCUT2D eigenvalue weighted by Gasteiger charge is -2.45. The second kappa shape index (κ2) is 25.0. The van der Waals surface area contributed by atoms with Gasteiger partial charge in [0.1, 0.15) is 43.3 Å². The van der Waals surface area contributed by atoms with Crippen LogP contribution in [0.3, 0.4) is 0 Å². The minimum absolute atomic E-state index is 0.00608. The monoisotopic (exact) mass is 971 g/mol. The predicted octanol–water partition coefficient (Wildman–Crippen LogP) is 7.51. The minimum Gasteiger partial charge on any atom is -0.492 e. The summed E-state index contributed by atoms with van der Waals surface area (Å²) in [5.41, 5.74) is 1.52. The molecule has 2 saturated heterocycles. The van der Waals surface area contributed by atoms with Crippen LogP contribution in [0.2, 0.25) is 0 Å². The van der Waals surface area contributed by atoms with E-state index in [-0.39, 0.29) is 49.4 Å². The fraction of sp³-hybridized carbons (Fsp3) is 0.604. The van der Waals surface area contributed by atoms with Gasteiger partial charge in [0, 0.05) is 113 Å². The normalized spacial score (nSPS) is 26.3. The lowest BCUT2D eigenvalue weighted by molar-refractivity contribution is -0.0810. The molecule has 7 atom stereocenters. The Balaban J connectivity index is 0.914. The Hall–Kier alpha value is -5.89. The van der Waals surface area contributed by atoms with E-state index in [0.29, 0.717) is 105 Å². The Kier molecular flexibility index (Phi) is 18.1. The van der Waals surface area contributed by atoms with Gasteiger partial charge in [-0.1, -0.05) is 0 Å². The molecular formula is C53H70N12O6. The van der Waals surface area contributed by atoms with E-state index in [4.69, 9.17) is 28.4 Å². The maximum absolute atomic E-state index is 10.9. The zero-order valence-corrected chi connectivity index (χ0v) is 41.7. The van der Waals surface area contributed by atoms with Gasteiger partial charge in [-0.3, -0.25) is 9.98 Å². The summed E-state index contributed by atoms with van der Waals surface area (Å²) < 4.78 is 35.4. The average Bonchev–Trinajstić information content (AvgIpc) is 3.41. The molecule has 71 heavy (non-hydrogen) atoms. The Bertz CT molecular complexity index is 2440. The number of hydrogen-bond donors (Lipinski definition) is 3. The van der Waals surface area contributed by atoms with Crippen molar-refractivity contribution >= 4 is 17.9 Å². The zero-order chi connectivity index (χ0) is 49.5.